The predicted molar refractivity (Wildman–Crippen MR) is 77.5 cm³/mol. The fraction of sp³-hybridized carbons (Fsp3) is 0.462. The number of amides is 1. The Kier molecular flexibility index (Phi) is 4.20. The molecule has 0 spiro atoms. The van der Waals surface area contributed by atoms with E-state index in [9.17, 15) is 14.9 Å². The van der Waals surface area contributed by atoms with Gasteiger partial charge in [0.15, 0.2) is 0 Å². The van der Waals surface area contributed by atoms with Crippen molar-refractivity contribution in [1.82, 2.24) is 5.32 Å². The Bertz CT molecular complexity index is 565. The van der Waals surface area contributed by atoms with Gasteiger partial charge in [0.2, 0.25) is 0 Å². The highest BCUT2D eigenvalue weighted by molar-refractivity contribution is 6.44. The lowest BCUT2D eigenvalue weighted by Gasteiger charge is -2.42. The van der Waals surface area contributed by atoms with Gasteiger partial charge in [-0.3, -0.25) is 14.9 Å². The number of nitrogens with one attached hydrogen (secondary N) is 1. The zero-order valence-electron chi connectivity index (χ0n) is 10.9. The Labute approximate surface area is 126 Å². The molecule has 1 aromatic carbocycles. The molecule has 1 N–H and O–H groups in total. The van der Waals surface area contributed by atoms with Crippen LogP contribution in [0.3, 0.4) is 0 Å². The lowest BCUT2D eigenvalue weighted by Crippen LogP contribution is -2.53. The summed E-state index contributed by atoms with van der Waals surface area (Å²) < 4.78 is 0. The molecule has 0 radical (unpaired) electrons. The van der Waals surface area contributed by atoms with E-state index in [1.807, 2.05) is 6.92 Å². The highest BCUT2D eigenvalue weighted by Crippen LogP contribution is 2.36. The fourth-order valence-electron chi connectivity index (χ4n) is 2.32. The van der Waals surface area contributed by atoms with E-state index in [4.69, 9.17) is 23.2 Å². The minimum Gasteiger partial charge on any atom is -0.347 e. The van der Waals surface area contributed by atoms with Crippen LogP contribution in [0.4, 0.5) is 5.69 Å². The number of rotatable bonds is 4. The van der Waals surface area contributed by atoms with E-state index >= 15 is 0 Å². The molecule has 1 aliphatic rings. The molecule has 7 heteroatoms. The highest BCUT2D eigenvalue weighted by atomic mass is 35.5. The van der Waals surface area contributed by atoms with E-state index in [1.165, 1.54) is 0 Å². The Balaban J connectivity index is 2.31. The van der Waals surface area contributed by atoms with Gasteiger partial charge in [0.1, 0.15) is 0 Å². The van der Waals surface area contributed by atoms with E-state index in [2.05, 4.69) is 5.32 Å². The molecule has 0 atom stereocenters. The molecule has 1 aliphatic carbocycles. The summed E-state index contributed by atoms with van der Waals surface area (Å²) in [7, 11) is 0. The number of carbonyl (C=O) groups excluding carboxylic acids is 1. The average Bonchev–Trinajstić information content (AvgIpc) is 2.36. The van der Waals surface area contributed by atoms with Gasteiger partial charge in [0.05, 0.1) is 20.5 Å². The second-order valence-electron chi connectivity index (χ2n) is 4.99. The van der Waals surface area contributed by atoms with Crippen molar-refractivity contribution < 1.29 is 9.72 Å². The van der Waals surface area contributed by atoms with E-state index in [0.29, 0.717) is 0 Å². The van der Waals surface area contributed by atoms with Crippen molar-refractivity contribution >= 4 is 34.8 Å². The number of non-ortho nitro benzene ring substituents is 1. The number of hydrogen-bond donors (Lipinski definition) is 1. The monoisotopic (exact) mass is 316 g/mol. The van der Waals surface area contributed by atoms with Crippen LogP contribution in [0.15, 0.2) is 12.1 Å². The molecular weight excluding hydrogens is 303 g/mol. The molecule has 1 saturated carbocycles. The molecule has 108 valence electrons. The molecule has 20 heavy (non-hydrogen) atoms. The molecule has 0 aromatic heterocycles. The molecule has 5 nitrogen and oxygen atoms in total. The van der Waals surface area contributed by atoms with Crippen LogP contribution in [0.2, 0.25) is 10.0 Å². The lowest BCUT2D eigenvalue weighted by atomic mass is 9.74. The summed E-state index contributed by atoms with van der Waals surface area (Å²) >= 11 is 11.8. The largest absolute Gasteiger partial charge is 0.347 e. The molecular formula is C13H14Cl2N2O3. The molecule has 1 aromatic rings. The van der Waals surface area contributed by atoms with Crippen LogP contribution in [0.1, 0.15) is 43.0 Å². The normalized spacial score (nSPS) is 16.4. The molecule has 2 rings (SSSR count). The van der Waals surface area contributed by atoms with Crippen LogP contribution < -0.4 is 5.32 Å². The molecule has 1 fully saturated rings. The summed E-state index contributed by atoms with van der Waals surface area (Å²) in [5, 5.41) is 13.8. The topological polar surface area (TPSA) is 72.2 Å². The first-order chi connectivity index (χ1) is 9.38. The van der Waals surface area contributed by atoms with Crippen molar-refractivity contribution in [3.8, 4) is 0 Å². The van der Waals surface area contributed by atoms with Crippen LogP contribution in [-0.2, 0) is 0 Å². The minimum atomic E-state index is -0.599. The zero-order chi connectivity index (χ0) is 14.9. The summed E-state index contributed by atoms with van der Waals surface area (Å²) in [6.45, 7) is 2.00. The number of nitro groups is 1. The van der Waals surface area contributed by atoms with Crippen molar-refractivity contribution in [3.05, 3.63) is 37.9 Å². The molecule has 0 saturated heterocycles. The number of nitrogens with zero attached hydrogens (tertiary/aromatic N) is 1. The Morgan fingerprint density at radius 3 is 2.55 bits per heavy atom. The van der Waals surface area contributed by atoms with Crippen molar-refractivity contribution in [3.63, 3.8) is 0 Å². The summed E-state index contributed by atoms with van der Waals surface area (Å²) in [6, 6.07) is 2.30. The van der Waals surface area contributed by atoms with Crippen LogP contribution in [-0.4, -0.2) is 16.4 Å². The molecule has 0 aliphatic heterocycles. The van der Waals surface area contributed by atoms with Gasteiger partial charge in [-0.2, -0.15) is 0 Å². The van der Waals surface area contributed by atoms with Crippen molar-refractivity contribution in [2.45, 2.75) is 38.1 Å². The van der Waals surface area contributed by atoms with Crippen LogP contribution in [0.25, 0.3) is 0 Å². The van der Waals surface area contributed by atoms with Crippen LogP contribution in [0.5, 0.6) is 0 Å². The van der Waals surface area contributed by atoms with Gasteiger partial charge in [-0.1, -0.05) is 30.1 Å². The number of halogens is 2. The molecule has 0 heterocycles. The average molecular weight is 317 g/mol. The number of hydrogen-bond acceptors (Lipinski definition) is 3. The Hall–Kier alpha value is -1.33. The highest BCUT2D eigenvalue weighted by Gasteiger charge is 2.37. The predicted octanol–water partition coefficient (Wildman–Crippen LogP) is 3.96. The first-order valence-corrected chi connectivity index (χ1v) is 7.10. The maximum absolute atomic E-state index is 12.3. The molecule has 0 bridgehead atoms. The summed E-state index contributed by atoms with van der Waals surface area (Å²) in [5.41, 5.74) is -0.411. The summed E-state index contributed by atoms with van der Waals surface area (Å²) in [6.07, 6.45) is 3.71. The van der Waals surface area contributed by atoms with Crippen molar-refractivity contribution in [1.29, 1.82) is 0 Å². The second kappa shape index (κ2) is 5.58. The van der Waals surface area contributed by atoms with E-state index in [-0.39, 0.29) is 26.8 Å². The van der Waals surface area contributed by atoms with Gasteiger partial charge < -0.3 is 5.32 Å². The third-order valence-electron chi connectivity index (χ3n) is 3.83. The molecule has 1 amide bonds. The fourth-order valence-corrected chi connectivity index (χ4v) is 2.73. The van der Waals surface area contributed by atoms with Crippen molar-refractivity contribution in [2.24, 2.45) is 0 Å². The maximum atomic E-state index is 12.3. The number of carbonyl (C=O) groups is 1. The van der Waals surface area contributed by atoms with Crippen LogP contribution in [0, 0.1) is 10.1 Å². The standard InChI is InChI=1S/C13H14Cl2N2O3/c1-2-13(4-3-5-13)16-12(18)9-6-8(17(19)20)7-10(14)11(9)15/h6-7H,2-5H2,1H3,(H,16,18). The van der Waals surface area contributed by atoms with E-state index in [0.717, 1.165) is 37.8 Å². The third kappa shape index (κ3) is 2.74. The first-order valence-electron chi connectivity index (χ1n) is 6.34. The zero-order valence-corrected chi connectivity index (χ0v) is 12.4. The van der Waals surface area contributed by atoms with Gasteiger partial charge in [-0.05, 0) is 25.7 Å². The molecule has 0 unspecified atom stereocenters. The SMILES string of the molecule is CCC1(NC(=O)c2cc([N+](=O)[O-])cc(Cl)c2Cl)CCC1. The quantitative estimate of drug-likeness (QED) is 0.675. The maximum Gasteiger partial charge on any atom is 0.271 e. The van der Waals surface area contributed by atoms with Crippen molar-refractivity contribution in [2.75, 3.05) is 0 Å². The van der Waals surface area contributed by atoms with Gasteiger partial charge in [-0.25, -0.2) is 0 Å². The van der Waals surface area contributed by atoms with Gasteiger partial charge in [0.25, 0.3) is 11.6 Å². The Morgan fingerprint density at radius 1 is 1.45 bits per heavy atom. The van der Waals surface area contributed by atoms with E-state index < -0.39 is 10.8 Å². The smallest absolute Gasteiger partial charge is 0.271 e. The summed E-state index contributed by atoms with van der Waals surface area (Å²) in [4.78, 5) is 22.5. The Morgan fingerprint density at radius 2 is 2.10 bits per heavy atom. The van der Waals surface area contributed by atoms with Gasteiger partial charge in [-0.15, -0.1) is 0 Å². The second-order valence-corrected chi connectivity index (χ2v) is 5.77. The number of benzene rings is 1. The van der Waals surface area contributed by atoms with Gasteiger partial charge >= 0.3 is 0 Å². The summed E-state index contributed by atoms with van der Waals surface area (Å²) in [5.74, 6) is -0.415. The van der Waals surface area contributed by atoms with Crippen LogP contribution >= 0.6 is 23.2 Å². The third-order valence-corrected chi connectivity index (χ3v) is 4.64. The first kappa shape index (κ1) is 15.1. The van der Waals surface area contributed by atoms with E-state index in [1.54, 1.807) is 0 Å². The lowest BCUT2D eigenvalue weighted by molar-refractivity contribution is -0.384. The van der Waals surface area contributed by atoms with Gasteiger partial charge in [0, 0.05) is 17.7 Å². The minimum absolute atomic E-state index is 0.00479. The number of nitro benzene ring substituents is 1.